The monoisotopic (exact) mass is 328 g/mol. The van der Waals surface area contributed by atoms with Gasteiger partial charge in [-0.05, 0) is 90.9 Å². The third-order valence-electron chi connectivity index (χ3n) is 7.26. The van der Waals surface area contributed by atoms with E-state index >= 15 is 0 Å². The third-order valence-corrected chi connectivity index (χ3v) is 7.26. The summed E-state index contributed by atoms with van der Waals surface area (Å²) in [7, 11) is 1.74. The highest BCUT2D eigenvalue weighted by Crippen LogP contribution is 2.62. The summed E-state index contributed by atoms with van der Waals surface area (Å²) < 4.78 is 5.40. The Bertz CT molecular complexity index is 652. The van der Waals surface area contributed by atoms with Crippen LogP contribution in [0.4, 0.5) is 0 Å². The van der Waals surface area contributed by atoms with Crippen molar-refractivity contribution in [2.45, 2.75) is 57.8 Å². The molecule has 0 unspecified atom stereocenters. The summed E-state index contributed by atoms with van der Waals surface area (Å²) in [5, 5.41) is 9.19. The lowest BCUT2D eigenvalue weighted by molar-refractivity contribution is -0.138. The molecule has 3 nitrogen and oxygen atoms in total. The molecular formula is C21H28O3. The number of rotatable bonds is 3. The Labute approximate surface area is 144 Å². The summed E-state index contributed by atoms with van der Waals surface area (Å²) >= 11 is 0. The molecule has 0 aliphatic heterocycles. The van der Waals surface area contributed by atoms with Gasteiger partial charge in [-0.2, -0.15) is 0 Å². The number of methoxy groups -OCH3 is 1. The van der Waals surface area contributed by atoms with E-state index in [1.54, 1.807) is 7.11 Å². The number of carboxylic acid groups (broad SMARTS) is 1. The number of ether oxygens (including phenoxy) is 1. The van der Waals surface area contributed by atoms with Gasteiger partial charge >= 0.3 is 5.97 Å². The molecule has 1 aromatic carbocycles. The van der Waals surface area contributed by atoms with E-state index in [0.717, 1.165) is 30.9 Å². The van der Waals surface area contributed by atoms with Gasteiger partial charge in [0.15, 0.2) is 0 Å². The van der Waals surface area contributed by atoms with Gasteiger partial charge in [0.05, 0.1) is 7.11 Å². The molecule has 0 heterocycles. The average Bonchev–Trinajstić information content (AvgIpc) is 2.89. The van der Waals surface area contributed by atoms with Crippen molar-refractivity contribution < 1.29 is 14.6 Å². The second-order valence-electron chi connectivity index (χ2n) is 8.58. The molecule has 5 atom stereocenters. The molecule has 0 aromatic heterocycles. The first-order valence-corrected chi connectivity index (χ1v) is 9.39. The van der Waals surface area contributed by atoms with Crippen LogP contribution in [-0.4, -0.2) is 18.2 Å². The van der Waals surface area contributed by atoms with Gasteiger partial charge in [0.2, 0.25) is 0 Å². The van der Waals surface area contributed by atoms with E-state index in [1.165, 1.54) is 30.4 Å². The molecule has 2 fully saturated rings. The van der Waals surface area contributed by atoms with Gasteiger partial charge in [0, 0.05) is 6.42 Å². The van der Waals surface area contributed by atoms with E-state index in [1.807, 2.05) is 0 Å². The van der Waals surface area contributed by atoms with Crippen molar-refractivity contribution >= 4 is 5.97 Å². The zero-order valence-electron chi connectivity index (χ0n) is 14.8. The van der Waals surface area contributed by atoms with Crippen LogP contribution in [0, 0.1) is 23.2 Å². The number of hydrogen-bond acceptors (Lipinski definition) is 2. The highest BCUT2D eigenvalue weighted by Gasteiger charge is 2.53. The molecule has 24 heavy (non-hydrogen) atoms. The molecular weight excluding hydrogens is 300 g/mol. The predicted molar refractivity (Wildman–Crippen MR) is 93.4 cm³/mol. The Morgan fingerprint density at radius 3 is 2.96 bits per heavy atom. The van der Waals surface area contributed by atoms with Crippen molar-refractivity contribution in [2.75, 3.05) is 7.11 Å². The quantitative estimate of drug-likeness (QED) is 0.879. The molecule has 4 rings (SSSR count). The van der Waals surface area contributed by atoms with Gasteiger partial charge < -0.3 is 9.84 Å². The zero-order valence-corrected chi connectivity index (χ0v) is 14.8. The highest BCUT2D eigenvalue weighted by molar-refractivity contribution is 5.67. The molecule has 1 aromatic rings. The number of aliphatic carboxylic acids is 1. The minimum Gasteiger partial charge on any atom is -0.497 e. The summed E-state index contributed by atoms with van der Waals surface area (Å²) in [6.45, 7) is 2.43. The molecule has 0 saturated heterocycles. The van der Waals surface area contributed by atoms with E-state index in [0.29, 0.717) is 29.6 Å². The molecule has 0 bridgehead atoms. The lowest BCUT2D eigenvalue weighted by Crippen LogP contribution is -2.39. The number of carbonyl (C=O) groups is 1. The highest BCUT2D eigenvalue weighted by atomic mass is 16.5. The van der Waals surface area contributed by atoms with Crippen LogP contribution in [0.1, 0.15) is 62.5 Å². The zero-order chi connectivity index (χ0) is 16.9. The first-order valence-electron chi connectivity index (χ1n) is 9.39. The summed E-state index contributed by atoms with van der Waals surface area (Å²) in [5.41, 5.74) is 3.38. The van der Waals surface area contributed by atoms with Crippen LogP contribution in [0.15, 0.2) is 18.2 Å². The second kappa shape index (κ2) is 5.79. The van der Waals surface area contributed by atoms with Crippen molar-refractivity contribution in [1.82, 2.24) is 0 Å². The SMILES string of the molecule is COc1ccc2c(c1)CC[C@@H]1[C@@H]2CC[C@]2(C)C[C@H](CC(=O)O)C[C@@H]12. The molecule has 2 saturated carbocycles. The van der Waals surface area contributed by atoms with Crippen LogP contribution >= 0.6 is 0 Å². The van der Waals surface area contributed by atoms with Crippen LogP contribution in [0.3, 0.4) is 0 Å². The smallest absolute Gasteiger partial charge is 0.303 e. The Hall–Kier alpha value is -1.51. The number of carboxylic acids is 1. The van der Waals surface area contributed by atoms with Crippen molar-refractivity contribution in [3.8, 4) is 5.75 Å². The maximum Gasteiger partial charge on any atom is 0.303 e. The first-order chi connectivity index (χ1) is 11.5. The third kappa shape index (κ3) is 2.53. The van der Waals surface area contributed by atoms with Gasteiger partial charge in [-0.3, -0.25) is 4.79 Å². The summed E-state index contributed by atoms with van der Waals surface area (Å²) in [6.07, 6.45) is 7.50. The minimum absolute atomic E-state index is 0.358. The Morgan fingerprint density at radius 2 is 2.21 bits per heavy atom. The maximum atomic E-state index is 11.2. The van der Waals surface area contributed by atoms with Gasteiger partial charge in [0.1, 0.15) is 5.75 Å². The summed E-state index contributed by atoms with van der Waals surface area (Å²) in [6, 6.07) is 6.62. The molecule has 3 aliphatic carbocycles. The van der Waals surface area contributed by atoms with Crippen LogP contribution in [0.5, 0.6) is 5.75 Å². The number of benzene rings is 1. The lowest BCUT2D eigenvalue weighted by Gasteiger charge is -2.49. The van der Waals surface area contributed by atoms with Gasteiger partial charge in [-0.15, -0.1) is 0 Å². The molecule has 3 heteroatoms. The minimum atomic E-state index is -0.625. The normalized spacial score (nSPS) is 37.2. The van der Waals surface area contributed by atoms with E-state index in [2.05, 4.69) is 25.1 Å². The number of fused-ring (bicyclic) bond motifs is 5. The first kappa shape index (κ1) is 16.0. The molecule has 0 radical (unpaired) electrons. The fourth-order valence-electron chi connectivity index (χ4n) is 6.30. The van der Waals surface area contributed by atoms with Crippen LogP contribution in [-0.2, 0) is 11.2 Å². The molecule has 3 aliphatic rings. The topological polar surface area (TPSA) is 46.5 Å². The Kier molecular flexibility index (Phi) is 3.85. The van der Waals surface area contributed by atoms with Crippen molar-refractivity contribution in [2.24, 2.45) is 23.2 Å². The molecule has 130 valence electrons. The summed E-state index contributed by atoms with van der Waals surface area (Å²) in [4.78, 5) is 11.2. The van der Waals surface area contributed by atoms with E-state index in [9.17, 15) is 9.90 Å². The number of aryl methyl sites for hydroxylation is 1. The van der Waals surface area contributed by atoms with Gasteiger partial charge in [-0.25, -0.2) is 0 Å². The average molecular weight is 328 g/mol. The van der Waals surface area contributed by atoms with Gasteiger partial charge in [-0.1, -0.05) is 13.0 Å². The standard InChI is InChI=1S/C21H28O3/c1-21-8-7-17-16-6-4-15(24-2)11-14(16)3-5-18(17)19(21)9-13(12-21)10-20(22)23/h4,6,11,13,17-19H,3,5,7-10,12H2,1-2H3,(H,22,23)/t13-,17+,18+,19-,21+/m0/s1. The fraction of sp³-hybridized carbons (Fsp3) is 0.667. The Balaban J connectivity index is 1.60. The van der Waals surface area contributed by atoms with E-state index in [4.69, 9.17) is 4.74 Å². The lowest BCUT2D eigenvalue weighted by atomic mass is 9.56. The van der Waals surface area contributed by atoms with Crippen molar-refractivity contribution in [1.29, 1.82) is 0 Å². The van der Waals surface area contributed by atoms with Crippen LogP contribution in [0.25, 0.3) is 0 Å². The molecule has 1 N–H and O–H groups in total. The van der Waals surface area contributed by atoms with E-state index < -0.39 is 5.97 Å². The van der Waals surface area contributed by atoms with Gasteiger partial charge in [0.25, 0.3) is 0 Å². The summed E-state index contributed by atoms with van der Waals surface area (Å²) in [5.74, 6) is 2.84. The molecule has 0 amide bonds. The fourth-order valence-corrected chi connectivity index (χ4v) is 6.30. The molecule has 0 spiro atoms. The van der Waals surface area contributed by atoms with Crippen molar-refractivity contribution in [3.63, 3.8) is 0 Å². The number of hydrogen-bond donors (Lipinski definition) is 1. The van der Waals surface area contributed by atoms with Crippen LogP contribution < -0.4 is 4.74 Å². The second-order valence-corrected chi connectivity index (χ2v) is 8.58. The van der Waals surface area contributed by atoms with Crippen molar-refractivity contribution in [3.05, 3.63) is 29.3 Å². The maximum absolute atomic E-state index is 11.2. The Morgan fingerprint density at radius 1 is 1.38 bits per heavy atom. The van der Waals surface area contributed by atoms with Crippen LogP contribution in [0.2, 0.25) is 0 Å². The van der Waals surface area contributed by atoms with E-state index in [-0.39, 0.29) is 0 Å². The predicted octanol–water partition coefficient (Wildman–Crippen LogP) is 4.64. The largest absolute Gasteiger partial charge is 0.497 e.